The number of aromatic nitrogens is 1. The normalized spacial score (nSPS) is 18.5. The molecule has 2 amide bonds. The van der Waals surface area contributed by atoms with Gasteiger partial charge >= 0.3 is 6.09 Å². The molecule has 1 unspecified atom stereocenters. The summed E-state index contributed by atoms with van der Waals surface area (Å²) in [7, 11) is 1.64. The fourth-order valence-electron chi connectivity index (χ4n) is 5.83. The van der Waals surface area contributed by atoms with Crippen LogP contribution < -0.4 is 10.1 Å². The third-order valence-corrected chi connectivity index (χ3v) is 7.69. The van der Waals surface area contributed by atoms with Gasteiger partial charge in [0.05, 0.1) is 19.8 Å². The Kier molecular flexibility index (Phi) is 7.26. The molecule has 1 fully saturated rings. The lowest BCUT2D eigenvalue weighted by molar-refractivity contribution is -0.138. The predicted octanol–water partition coefficient (Wildman–Crippen LogP) is 4.39. The molecule has 39 heavy (non-hydrogen) atoms. The number of hydrogen-bond donors (Lipinski definition) is 3. The number of methoxy groups -OCH3 is 1. The molecule has 3 heterocycles. The monoisotopic (exact) mass is 554 g/mol. The second-order valence-electron chi connectivity index (χ2n) is 11.4. The van der Waals surface area contributed by atoms with Crippen LogP contribution in [0.5, 0.6) is 5.75 Å². The van der Waals surface area contributed by atoms with Gasteiger partial charge in [-0.3, -0.25) is 15.0 Å². The average molecular weight is 555 g/mol. The molecular formula is C29H35ClN4O5. The lowest BCUT2D eigenvalue weighted by atomic mass is 9.68. The van der Waals surface area contributed by atoms with Crippen molar-refractivity contribution < 1.29 is 24.2 Å². The fraction of sp³-hybridized carbons (Fsp3) is 0.448. The first-order valence-corrected chi connectivity index (χ1v) is 13.6. The third kappa shape index (κ3) is 5.31. The smallest absolute Gasteiger partial charge is 0.412 e. The quantitative estimate of drug-likeness (QED) is 0.390. The molecule has 0 saturated carbocycles. The van der Waals surface area contributed by atoms with Gasteiger partial charge in [-0.1, -0.05) is 12.1 Å². The van der Waals surface area contributed by atoms with Crippen molar-refractivity contribution in [2.75, 3.05) is 44.5 Å². The molecule has 10 heteroatoms. The van der Waals surface area contributed by atoms with Crippen molar-refractivity contribution in [3.8, 4) is 5.75 Å². The number of alkyl halides is 1. The van der Waals surface area contributed by atoms with Crippen LogP contribution in [-0.2, 0) is 21.5 Å². The largest absolute Gasteiger partial charge is 0.497 e. The van der Waals surface area contributed by atoms with Crippen LogP contribution in [0.1, 0.15) is 43.6 Å². The van der Waals surface area contributed by atoms with Crippen molar-refractivity contribution in [1.29, 1.82) is 0 Å². The lowest BCUT2D eigenvalue weighted by Crippen LogP contribution is -2.67. The second kappa shape index (κ2) is 10.4. The number of carbonyl (C=O) groups excluding carboxylic acids is 2. The molecule has 5 rings (SSSR count). The number of aliphatic hydroxyl groups is 1. The molecule has 0 bridgehead atoms. The molecule has 1 spiro atoms. The van der Waals surface area contributed by atoms with Gasteiger partial charge in [0.15, 0.2) is 0 Å². The van der Waals surface area contributed by atoms with Crippen LogP contribution in [0.4, 0.5) is 10.5 Å². The molecule has 0 radical (unpaired) electrons. The summed E-state index contributed by atoms with van der Waals surface area (Å²) in [6, 6.07) is 13.3. The number of aliphatic hydroxyl groups excluding tert-OH is 1. The van der Waals surface area contributed by atoms with Crippen molar-refractivity contribution in [3.05, 3.63) is 59.3 Å². The molecule has 208 valence electrons. The Hall–Kier alpha value is -3.27. The number of benzene rings is 2. The van der Waals surface area contributed by atoms with Crippen molar-refractivity contribution in [1.82, 2.24) is 14.8 Å². The maximum atomic E-state index is 12.4. The lowest BCUT2D eigenvalue weighted by Gasteiger charge is -2.56. The molecule has 3 N–H and O–H groups in total. The third-order valence-electron chi connectivity index (χ3n) is 7.46. The summed E-state index contributed by atoms with van der Waals surface area (Å²) in [6.07, 6.45) is -0.502. The van der Waals surface area contributed by atoms with Crippen LogP contribution >= 0.6 is 11.6 Å². The van der Waals surface area contributed by atoms with Crippen LogP contribution in [0, 0.1) is 0 Å². The SMILES string of the molecule is COc1ccc2c3c([nH]c2c1)C(CO)N(Cc1ccc(NC(=O)OC(C)(C)C)cc1)CC31CN(C(=O)CCl)C1. The van der Waals surface area contributed by atoms with Gasteiger partial charge in [0.25, 0.3) is 0 Å². The number of rotatable bonds is 6. The first-order valence-electron chi connectivity index (χ1n) is 13.0. The zero-order valence-electron chi connectivity index (χ0n) is 22.7. The van der Waals surface area contributed by atoms with Crippen LogP contribution in [0.2, 0.25) is 0 Å². The van der Waals surface area contributed by atoms with Crippen molar-refractivity contribution >= 4 is 40.2 Å². The zero-order valence-corrected chi connectivity index (χ0v) is 23.5. The topological polar surface area (TPSA) is 107 Å². The Morgan fingerprint density at radius 2 is 1.87 bits per heavy atom. The molecule has 3 aromatic rings. The standard InChI is InChI=1S/C29H35ClN4O5/c1-28(2,3)39-27(37)31-19-7-5-18(6-8-19)13-33-15-29(16-34(17-29)24(36)12-30)25-21-10-9-20(38-4)11-22(21)32-26(25)23(33)14-35/h5-11,23,32,35H,12-17H2,1-4H3,(H,31,37). The van der Waals surface area contributed by atoms with Gasteiger partial charge in [-0.25, -0.2) is 4.79 Å². The zero-order chi connectivity index (χ0) is 27.9. The van der Waals surface area contributed by atoms with E-state index < -0.39 is 11.7 Å². The number of ether oxygens (including phenoxy) is 2. The Labute approximate surface area is 233 Å². The van der Waals surface area contributed by atoms with E-state index in [0.717, 1.165) is 33.5 Å². The van der Waals surface area contributed by atoms with Gasteiger partial charge < -0.3 is 24.5 Å². The fourth-order valence-corrected chi connectivity index (χ4v) is 6.00. The molecule has 9 nitrogen and oxygen atoms in total. The van der Waals surface area contributed by atoms with Crippen molar-refractivity contribution in [2.24, 2.45) is 0 Å². The Bertz CT molecular complexity index is 1370. The highest BCUT2D eigenvalue weighted by atomic mass is 35.5. The minimum absolute atomic E-state index is 0.0410. The summed E-state index contributed by atoms with van der Waals surface area (Å²) >= 11 is 5.86. The Morgan fingerprint density at radius 1 is 1.15 bits per heavy atom. The molecule has 2 aliphatic rings. The molecule has 2 aromatic carbocycles. The van der Waals surface area contributed by atoms with Gasteiger partial charge in [0.2, 0.25) is 5.91 Å². The number of likely N-dealkylation sites (tertiary alicyclic amines) is 1. The minimum atomic E-state index is -0.578. The maximum absolute atomic E-state index is 12.4. The molecule has 0 aliphatic carbocycles. The van der Waals surface area contributed by atoms with Crippen LogP contribution in [0.3, 0.4) is 0 Å². The summed E-state index contributed by atoms with van der Waals surface area (Å²) in [5.41, 5.74) is 3.88. The Balaban J connectivity index is 1.43. The Morgan fingerprint density at radius 3 is 2.49 bits per heavy atom. The highest BCUT2D eigenvalue weighted by Gasteiger charge is 2.53. The number of nitrogens with one attached hydrogen (secondary N) is 2. The van der Waals surface area contributed by atoms with Gasteiger partial charge in [-0.2, -0.15) is 0 Å². The van der Waals surface area contributed by atoms with E-state index in [-0.39, 0.29) is 29.9 Å². The van der Waals surface area contributed by atoms with Gasteiger partial charge in [-0.15, -0.1) is 11.6 Å². The van der Waals surface area contributed by atoms with E-state index in [1.54, 1.807) is 12.0 Å². The number of anilines is 1. The number of nitrogens with zero attached hydrogens (tertiary/aromatic N) is 2. The number of hydrogen-bond acceptors (Lipinski definition) is 6. The van der Waals surface area contributed by atoms with Gasteiger partial charge in [-0.05, 0) is 56.2 Å². The first kappa shape index (κ1) is 27.3. The number of aromatic amines is 1. The highest BCUT2D eigenvalue weighted by Crippen LogP contribution is 2.49. The van der Waals surface area contributed by atoms with Crippen LogP contribution in [0.25, 0.3) is 10.9 Å². The molecule has 1 aromatic heterocycles. The predicted molar refractivity (Wildman–Crippen MR) is 150 cm³/mol. The summed E-state index contributed by atoms with van der Waals surface area (Å²) in [5.74, 6) is 0.634. The first-order chi connectivity index (χ1) is 18.6. The van der Waals surface area contributed by atoms with E-state index >= 15 is 0 Å². The van der Waals surface area contributed by atoms with Crippen LogP contribution in [0.15, 0.2) is 42.5 Å². The number of fused-ring (bicyclic) bond motifs is 4. The van der Waals surface area contributed by atoms with E-state index in [1.165, 1.54) is 0 Å². The summed E-state index contributed by atoms with van der Waals surface area (Å²) in [6.45, 7) is 7.79. The summed E-state index contributed by atoms with van der Waals surface area (Å²) < 4.78 is 10.8. The van der Waals surface area contributed by atoms with Crippen molar-refractivity contribution in [3.63, 3.8) is 0 Å². The minimum Gasteiger partial charge on any atom is -0.497 e. The summed E-state index contributed by atoms with van der Waals surface area (Å²) in [4.78, 5) is 32.1. The number of amides is 2. The van der Waals surface area contributed by atoms with Crippen molar-refractivity contribution in [2.45, 2.75) is 44.4 Å². The van der Waals surface area contributed by atoms with Gasteiger partial charge in [0.1, 0.15) is 17.2 Å². The van der Waals surface area contributed by atoms with E-state index in [9.17, 15) is 14.7 Å². The average Bonchev–Trinajstić information content (AvgIpc) is 3.25. The molecule has 1 atom stereocenters. The summed E-state index contributed by atoms with van der Waals surface area (Å²) in [5, 5.41) is 14.4. The van der Waals surface area contributed by atoms with E-state index in [2.05, 4.69) is 21.3 Å². The highest BCUT2D eigenvalue weighted by molar-refractivity contribution is 6.27. The number of H-pyrrole nitrogens is 1. The number of carbonyl (C=O) groups is 2. The van der Waals surface area contributed by atoms with E-state index in [4.69, 9.17) is 21.1 Å². The maximum Gasteiger partial charge on any atom is 0.412 e. The van der Waals surface area contributed by atoms with E-state index in [1.807, 2.05) is 57.2 Å². The van der Waals surface area contributed by atoms with Crippen LogP contribution in [-0.4, -0.2) is 76.7 Å². The molecular weight excluding hydrogens is 520 g/mol. The second-order valence-corrected chi connectivity index (χ2v) is 11.7. The number of halogens is 1. The van der Waals surface area contributed by atoms with Gasteiger partial charge in [0, 0.05) is 59.9 Å². The molecule has 1 saturated heterocycles. The molecule has 2 aliphatic heterocycles. The van der Waals surface area contributed by atoms with E-state index in [0.29, 0.717) is 31.9 Å².